The van der Waals surface area contributed by atoms with Gasteiger partial charge in [0.15, 0.2) is 11.3 Å². The molecular formula is C22H25Br2ClN8O3. The summed E-state index contributed by atoms with van der Waals surface area (Å²) in [6.45, 7) is 5.89. The van der Waals surface area contributed by atoms with E-state index in [9.17, 15) is 9.59 Å². The number of amides is 1. The number of fused-ring (bicyclic) bond motifs is 2. The highest BCUT2D eigenvalue weighted by Crippen LogP contribution is 2.26. The molecule has 0 saturated carbocycles. The van der Waals surface area contributed by atoms with Gasteiger partial charge in [-0.3, -0.25) is 9.59 Å². The van der Waals surface area contributed by atoms with Crippen molar-refractivity contribution in [2.24, 2.45) is 5.73 Å². The summed E-state index contributed by atoms with van der Waals surface area (Å²) in [6, 6.07) is 0. The molecule has 36 heavy (non-hydrogen) atoms. The van der Waals surface area contributed by atoms with Crippen LogP contribution in [0.1, 0.15) is 42.3 Å². The molecule has 0 unspecified atom stereocenters. The van der Waals surface area contributed by atoms with Gasteiger partial charge in [0.2, 0.25) is 5.91 Å². The number of aromatic nitrogens is 6. The van der Waals surface area contributed by atoms with Crippen LogP contribution in [0.3, 0.4) is 0 Å². The lowest BCUT2D eigenvalue weighted by Crippen LogP contribution is -2.14. The number of ether oxygens (including phenoxy) is 1. The van der Waals surface area contributed by atoms with Crippen molar-refractivity contribution in [2.45, 2.75) is 46.5 Å². The lowest BCUT2D eigenvalue weighted by atomic mass is 10.1. The van der Waals surface area contributed by atoms with E-state index in [1.54, 1.807) is 28.3 Å². The molecule has 1 amide bonds. The van der Waals surface area contributed by atoms with Gasteiger partial charge < -0.3 is 16.2 Å². The summed E-state index contributed by atoms with van der Waals surface area (Å²) in [5.74, 6) is -0.0929. The average Bonchev–Trinajstić information content (AvgIpc) is 3.37. The fourth-order valence-electron chi connectivity index (χ4n) is 3.51. The number of hydrogen-bond donors (Lipinski definition) is 2. The van der Waals surface area contributed by atoms with Gasteiger partial charge in [-0.25, -0.2) is 14.5 Å². The van der Waals surface area contributed by atoms with Crippen LogP contribution in [0.2, 0.25) is 5.15 Å². The van der Waals surface area contributed by atoms with E-state index in [0.717, 1.165) is 31.5 Å². The molecule has 0 atom stereocenters. The topological polar surface area (TPSA) is 156 Å². The van der Waals surface area contributed by atoms with Crippen LogP contribution in [-0.4, -0.2) is 47.7 Å². The monoisotopic (exact) mass is 642 g/mol. The summed E-state index contributed by atoms with van der Waals surface area (Å²) in [5, 5.41) is 8.74. The molecule has 4 N–H and O–H groups in total. The first-order valence-electron chi connectivity index (χ1n) is 10.9. The van der Waals surface area contributed by atoms with Gasteiger partial charge in [-0.1, -0.05) is 11.6 Å². The van der Waals surface area contributed by atoms with Gasteiger partial charge in [0.1, 0.15) is 11.0 Å². The maximum Gasteiger partial charge on any atom is 0.306 e. The second-order valence-electron chi connectivity index (χ2n) is 7.75. The second-order valence-corrected chi connectivity index (χ2v) is 9.82. The highest BCUT2D eigenvalue weighted by Gasteiger charge is 2.16. The van der Waals surface area contributed by atoms with Crippen LogP contribution in [0.4, 0.5) is 5.82 Å². The lowest BCUT2D eigenvalue weighted by molar-refractivity contribution is -0.143. The Morgan fingerprint density at radius 2 is 1.50 bits per heavy atom. The normalized spacial score (nSPS) is 10.9. The molecule has 0 aliphatic heterocycles. The number of aryl methyl sites for hydroxylation is 2. The first-order chi connectivity index (χ1) is 17.0. The Labute approximate surface area is 228 Å². The van der Waals surface area contributed by atoms with Crippen LogP contribution in [0.5, 0.6) is 0 Å². The quantitative estimate of drug-likeness (QED) is 0.228. The van der Waals surface area contributed by atoms with E-state index >= 15 is 0 Å². The van der Waals surface area contributed by atoms with Gasteiger partial charge in [-0.2, -0.15) is 14.7 Å². The van der Waals surface area contributed by atoms with Crippen molar-refractivity contribution in [3.8, 4) is 0 Å². The summed E-state index contributed by atoms with van der Waals surface area (Å²) in [6.07, 6.45) is 4.78. The predicted octanol–water partition coefficient (Wildman–Crippen LogP) is 3.75. The summed E-state index contributed by atoms with van der Waals surface area (Å²) < 4.78 is 9.58. The van der Waals surface area contributed by atoms with Gasteiger partial charge >= 0.3 is 5.97 Å². The zero-order valence-corrected chi connectivity index (χ0v) is 23.8. The zero-order valence-electron chi connectivity index (χ0n) is 19.9. The molecule has 0 bridgehead atoms. The highest BCUT2D eigenvalue weighted by molar-refractivity contribution is 9.11. The Morgan fingerprint density at radius 1 is 0.972 bits per heavy atom. The van der Waals surface area contributed by atoms with Crippen molar-refractivity contribution in [1.29, 1.82) is 0 Å². The number of nitrogens with zero attached hydrogens (tertiary/aromatic N) is 6. The third-order valence-electron chi connectivity index (χ3n) is 5.30. The first-order valence-corrected chi connectivity index (χ1v) is 12.9. The number of rotatable bonds is 7. The number of hydrogen-bond acceptors (Lipinski definition) is 8. The molecule has 0 fully saturated rings. The molecular weight excluding hydrogens is 620 g/mol. The number of anilines is 1. The number of carbonyl (C=O) groups is 2. The van der Waals surface area contributed by atoms with Crippen molar-refractivity contribution in [1.82, 2.24) is 29.2 Å². The number of carbonyl (C=O) groups excluding carboxylic acids is 2. The minimum atomic E-state index is -0.356. The van der Waals surface area contributed by atoms with Crippen molar-refractivity contribution in [3.63, 3.8) is 0 Å². The van der Waals surface area contributed by atoms with E-state index in [1.165, 1.54) is 0 Å². The van der Waals surface area contributed by atoms with Crippen LogP contribution in [0, 0.1) is 13.8 Å². The predicted molar refractivity (Wildman–Crippen MR) is 143 cm³/mol. The minimum Gasteiger partial charge on any atom is -0.466 e. The fraction of sp³-hybridized carbons (Fsp3) is 0.364. The molecule has 0 aliphatic rings. The molecule has 192 valence electrons. The number of nitrogens with two attached hydrogens (primary N) is 2. The zero-order chi connectivity index (χ0) is 26.6. The van der Waals surface area contributed by atoms with Crippen LogP contribution in [0.25, 0.3) is 11.3 Å². The van der Waals surface area contributed by atoms with Crippen molar-refractivity contribution in [3.05, 3.63) is 49.0 Å². The van der Waals surface area contributed by atoms with E-state index in [-0.39, 0.29) is 24.7 Å². The second kappa shape index (κ2) is 12.0. The Balaban J connectivity index is 0.000000202. The molecule has 0 saturated heterocycles. The number of nitrogen functional groups attached to an aromatic ring is 1. The van der Waals surface area contributed by atoms with Crippen molar-refractivity contribution < 1.29 is 14.3 Å². The SMILES string of the molecule is CCOC(=O)CCc1c(C)nc2c(Br)cnn2c1Cl.Cc1nc2c(Br)cnn2c(N)c1CCC(N)=O. The van der Waals surface area contributed by atoms with Crippen LogP contribution in [-0.2, 0) is 27.2 Å². The third-order valence-corrected chi connectivity index (χ3v) is 6.81. The molecule has 11 nitrogen and oxygen atoms in total. The maximum absolute atomic E-state index is 11.4. The minimum absolute atomic E-state index is 0.236. The summed E-state index contributed by atoms with van der Waals surface area (Å²) in [7, 11) is 0. The fourth-order valence-corrected chi connectivity index (χ4v) is 4.56. The molecule has 4 rings (SSSR count). The lowest BCUT2D eigenvalue weighted by Gasteiger charge is -2.09. The molecule has 4 aromatic rings. The van der Waals surface area contributed by atoms with Crippen LogP contribution < -0.4 is 11.5 Å². The smallest absolute Gasteiger partial charge is 0.306 e. The van der Waals surface area contributed by atoms with E-state index in [1.807, 2.05) is 13.8 Å². The Morgan fingerprint density at radius 3 is 2.08 bits per heavy atom. The maximum atomic E-state index is 11.4. The van der Waals surface area contributed by atoms with E-state index in [2.05, 4.69) is 52.0 Å². The van der Waals surface area contributed by atoms with Crippen LogP contribution in [0.15, 0.2) is 21.3 Å². The Hall–Kier alpha value is -2.77. The van der Waals surface area contributed by atoms with Crippen LogP contribution >= 0.6 is 43.5 Å². The highest BCUT2D eigenvalue weighted by atomic mass is 79.9. The van der Waals surface area contributed by atoms with Crippen molar-refractivity contribution in [2.75, 3.05) is 12.3 Å². The Kier molecular flexibility index (Phi) is 9.25. The third kappa shape index (κ3) is 6.13. The molecule has 0 aromatic carbocycles. The summed E-state index contributed by atoms with van der Waals surface area (Å²) >= 11 is 13.0. The molecule has 4 heterocycles. The molecule has 0 aliphatic carbocycles. The molecule has 14 heteroatoms. The van der Waals surface area contributed by atoms with E-state index in [4.69, 9.17) is 27.8 Å². The standard InChI is InChI=1S/C12H13BrClN3O2.C10H12BrN5O/c1-3-19-10(18)5-4-8-7(2)16-12-9(13)6-15-17(12)11(8)14;1-5-6(2-3-8(12)17)9(13)16-10(15-5)7(11)4-14-16/h6H,3-5H2,1-2H3;4H,2-3,13H2,1H3,(H2,12,17). The van der Waals surface area contributed by atoms with E-state index < -0.39 is 0 Å². The van der Waals surface area contributed by atoms with Crippen molar-refractivity contribution >= 4 is 72.4 Å². The summed E-state index contributed by atoms with van der Waals surface area (Å²) in [5.41, 5.74) is 15.7. The first kappa shape index (κ1) is 27.8. The van der Waals surface area contributed by atoms with E-state index in [0.29, 0.717) is 41.7 Å². The van der Waals surface area contributed by atoms with Gasteiger partial charge in [0.25, 0.3) is 0 Å². The number of halogens is 3. The number of primary amides is 1. The summed E-state index contributed by atoms with van der Waals surface area (Å²) in [4.78, 5) is 31.0. The number of esters is 1. The van der Waals surface area contributed by atoms with Gasteiger partial charge in [0.05, 0.1) is 27.9 Å². The molecule has 0 spiro atoms. The molecule has 0 radical (unpaired) electrons. The Bertz CT molecular complexity index is 1440. The molecule has 4 aromatic heterocycles. The average molecular weight is 645 g/mol. The van der Waals surface area contributed by atoms with Gasteiger partial charge in [-0.05, 0) is 65.5 Å². The van der Waals surface area contributed by atoms with Gasteiger partial charge in [0, 0.05) is 35.4 Å². The largest absolute Gasteiger partial charge is 0.466 e. The van der Waals surface area contributed by atoms with Gasteiger partial charge in [-0.15, -0.1) is 0 Å².